The number of hydrogen-bond acceptors (Lipinski definition) is 4. The first kappa shape index (κ1) is 15.6. The number of methoxy groups -OCH3 is 1. The molecule has 0 radical (unpaired) electrons. The van der Waals surface area contributed by atoms with Crippen molar-refractivity contribution < 1.29 is 14.3 Å². The molecule has 1 aliphatic rings. The molecule has 0 atom stereocenters. The minimum absolute atomic E-state index is 0.167. The first-order valence-corrected chi connectivity index (χ1v) is 7.50. The molecule has 5 heteroatoms. The predicted octanol–water partition coefficient (Wildman–Crippen LogP) is 1.63. The van der Waals surface area contributed by atoms with E-state index in [-0.39, 0.29) is 5.91 Å². The molecule has 116 valence electrons. The molecule has 1 heterocycles. The van der Waals surface area contributed by atoms with Crippen molar-refractivity contribution in [3.63, 3.8) is 0 Å². The van der Waals surface area contributed by atoms with Crippen molar-refractivity contribution in [2.24, 2.45) is 0 Å². The zero-order valence-electron chi connectivity index (χ0n) is 12.9. The third kappa shape index (κ3) is 4.36. The molecular weight excluding hydrogens is 268 g/mol. The molecule has 0 saturated carbocycles. The number of benzene rings is 1. The molecule has 0 bridgehead atoms. The van der Waals surface area contributed by atoms with Crippen molar-refractivity contribution in [2.75, 3.05) is 46.4 Å². The summed E-state index contributed by atoms with van der Waals surface area (Å²) in [6.07, 6.45) is 0.407. The highest BCUT2D eigenvalue weighted by atomic mass is 16.5. The van der Waals surface area contributed by atoms with Gasteiger partial charge in [-0.15, -0.1) is 0 Å². The first-order chi connectivity index (χ1) is 10.2. The van der Waals surface area contributed by atoms with Crippen molar-refractivity contribution in [3.8, 4) is 11.5 Å². The second-order valence-electron chi connectivity index (χ2n) is 5.06. The average molecular weight is 292 g/mol. The van der Waals surface area contributed by atoms with Crippen LogP contribution in [0.25, 0.3) is 0 Å². The Bertz CT molecular complexity index is 457. The summed E-state index contributed by atoms with van der Waals surface area (Å²) in [5, 5.41) is 0. The van der Waals surface area contributed by atoms with Crippen LogP contribution in [-0.2, 0) is 4.79 Å². The normalized spacial score (nSPS) is 15.8. The van der Waals surface area contributed by atoms with Gasteiger partial charge in [-0.1, -0.05) is 19.1 Å². The van der Waals surface area contributed by atoms with Crippen molar-refractivity contribution in [1.82, 2.24) is 9.80 Å². The third-order valence-corrected chi connectivity index (χ3v) is 3.81. The van der Waals surface area contributed by atoms with Gasteiger partial charge in [0.05, 0.1) is 20.1 Å². The number of likely N-dealkylation sites (N-methyl/N-ethyl adjacent to an activating group) is 1. The molecule has 1 amide bonds. The lowest BCUT2D eigenvalue weighted by atomic mass is 10.3. The molecule has 1 aliphatic heterocycles. The van der Waals surface area contributed by atoms with Gasteiger partial charge < -0.3 is 19.3 Å². The van der Waals surface area contributed by atoms with Crippen LogP contribution in [0.2, 0.25) is 0 Å². The molecule has 5 nitrogen and oxygen atoms in total. The number of hydrogen-bond donors (Lipinski definition) is 0. The molecule has 2 rings (SSSR count). The van der Waals surface area contributed by atoms with Gasteiger partial charge in [-0.25, -0.2) is 0 Å². The summed E-state index contributed by atoms with van der Waals surface area (Å²) >= 11 is 0. The molecule has 1 aromatic rings. The lowest BCUT2D eigenvalue weighted by molar-refractivity contribution is -0.133. The Balaban J connectivity index is 1.74. The van der Waals surface area contributed by atoms with E-state index in [4.69, 9.17) is 9.47 Å². The molecule has 0 aromatic heterocycles. The van der Waals surface area contributed by atoms with Gasteiger partial charge in [-0.2, -0.15) is 0 Å². The SMILES string of the molecule is CCN1CCN(C(=O)CCOc2ccccc2OC)CC1. The average Bonchev–Trinajstić information content (AvgIpc) is 2.55. The number of piperazine rings is 1. The van der Waals surface area contributed by atoms with Crippen LogP contribution in [0.3, 0.4) is 0 Å². The number of nitrogens with zero attached hydrogens (tertiary/aromatic N) is 2. The fourth-order valence-electron chi connectivity index (χ4n) is 2.46. The molecule has 1 saturated heterocycles. The number of ether oxygens (including phenoxy) is 2. The van der Waals surface area contributed by atoms with E-state index in [0.717, 1.165) is 32.7 Å². The van der Waals surface area contributed by atoms with E-state index >= 15 is 0 Å². The maximum atomic E-state index is 12.1. The van der Waals surface area contributed by atoms with Crippen molar-refractivity contribution in [3.05, 3.63) is 24.3 Å². The van der Waals surface area contributed by atoms with E-state index in [9.17, 15) is 4.79 Å². The topological polar surface area (TPSA) is 42.0 Å². The Morgan fingerprint density at radius 2 is 1.81 bits per heavy atom. The second-order valence-corrected chi connectivity index (χ2v) is 5.06. The number of para-hydroxylation sites is 2. The van der Waals surface area contributed by atoms with Gasteiger partial charge >= 0.3 is 0 Å². The smallest absolute Gasteiger partial charge is 0.226 e. The van der Waals surface area contributed by atoms with E-state index < -0.39 is 0 Å². The molecule has 21 heavy (non-hydrogen) atoms. The van der Waals surface area contributed by atoms with E-state index in [0.29, 0.717) is 24.5 Å². The summed E-state index contributed by atoms with van der Waals surface area (Å²) in [6.45, 7) is 7.17. The van der Waals surface area contributed by atoms with Crippen LogP contribution in [0.5, 0.6) is 11.5 Å². The Morgan fingerprint density at radius 3 is 2.43 bits per heavy atom. The molecule has 0 aliphatic carbocycles. The lowest BCUT2D eigenvalue weighted by Crippen LogP contribution is -2.48. The third-order valence-electron chi connectivity index (χ3n) is 3.81. The quantitative estimate of drug-likeness (QED) is 0.799. The fraction of sp³-hybridized carbons (Fsp3) is 0.562. The minimum Gasteiger partial charge on any atom is -0.493 e. The van der Waals surface area contributed by atoms with Crippen LogP contribution in [0.15, 0.2) is 24.3 Å². The number of rotatable bonds is 6. The Morgan fingerprint density at radius 1 is 1.14 bits per heavy atom. The van der Waals surface area contributed by atoms with Gasteiger partial charge in [0, 0.05) is 26.2 Å². The summed E-state index contributed by atoms with van der Waals surface area (Å²) in [5.74, 6) is 1.55. The highest BCUT2D eigenvalue weighted by molar-refractivity contribution is 5.76. The summed E-state index contributed by atoms with van der Waals surface area (Å²) in [6, 6.07) is 7.48. The first-order valence-electron chi connectivity index (χ1n) is 7.50. The lowest BCUT2D eigenvalue weighted by Gasteiger charge is -2.34. The zero-order valence-corrected chi connectivity index (χ0v) is 12.9. The van der Waals surface area contributed by atoms with Crippen LogP contribution in [0, 0.1) is 0 Å². The number of carbonyl (C=O) groups excluding carboxylic acids is 1. The Labute approximate surface area is 126 Å². The monoisotopic (exact) mass is 292 g/mol. The van der Waals surface area contributed by atoms with Crippen molar-refractivity contribution >= 4 is 5.91 Å². The fourth-order valence-corrected chi connectivity index (χ4v) is 2.46. The summed E-state index contributed by atoms with van der Waals surface area (Å²) in [7, 11) is 1.61. The molecular formula is C16H24N2O3. The Hall–Kier alpha value is -1.75. The molecule has 0 spiro atoms. The standard InChI is InChI=1S/C16H24N2O3/c1-3-17-9-11-18(12-10-17)16(19)8-13-21-15-7-5-4-6-14(15)20-2/h4-7H,3,8-13H2,1-2H3. The zero-order chi connectivity index (χ0) is 15.1. The van der Waals surface area contributed by atoms with Crippen LogP contribution < -0.4 is 9.47 Å². The van der Waals surface area contributed by atoms with Crippen LogP contribution >= 0.6 is 0 Å². The van der Waals surface area contributed by atoms with Gasteiger partial charge in [0.2, 0.25) is 5.91 Å². The highest BCUT2D eigenvalue weighted by Crippen LogP contribution is 2.25. The maximum Gasteiger partial charge on any atom is 0.226 e. The Kier molecular flexibility index (Phi) is 5.87. The van der Waals surface area contributed by atoms with Gasteiger partial charge in [0.1, 0.15) is 0 Å². The highest BCUT2D eigenvalue weighted by Gasteiger charge is 2.19. The van der Waals surface area contributed by atoms with Crippen LogP contribution in [-0.4, -0.2) is 62.1 Å². The molecule has 0 unspecified atom stereocenters. The van der Waals surface area contributed by atoms with Crippen LogP contribution in [0.4, 0.5) is 0 Å². The van der Waals surface area contributed by atoms with Gasteiger partial charge in [0.15, 0.2) is 11.5 Å². The van der Waals surface area contributed by atoms with E-state index in [1.165, 1.54) is 0 Å². The predicted molar refractivity (Wildman–Crippen MR) is 81.8 cm³/mol. The number of carbonyl (C=O) groups is 1. The van der Waals surface area contributed by atoms with Gasteiger partial charge in [-0.3, -0.25) is 4.79 Å². The van der Waals surface area contributed by atoms with Gasteiger partial charge in [0.25, 0.3) is 0 Å². The summed E-state index contributed by atoms with van der Waals surface area (Å²) < 4.78 is 10.9. The minimum atomic E-state index is 0.167. The van der Waals surface area contributed by atoms with E-state index in [2.05, 4.69) is 11.8 Å². The largest absolute Gasteiger partial charge is 0.493 e. The van der Waals surface area contributed by atoms with Crippen LogP contribution in [0.1, 0.15) is 13.3 Å². The van der Waals surface area contributed by atoms with E-state index in [1.807, 2.05) is 29.2 Å². The summed E-state index contributed by atoms with van der Waals surface area (Å²) in [4.78, 5) is 16.4. The molecule has 1 fully saturated rings. The summed E-state index contributed by atoms with van der Waals surface area (Å²) in [5.41, 5.74) is 0. The van der Waals surface area contributed by atoms with Crippen molar-refractivity contribution in [1.29, 1.82) is 0 Å². The van der Waals surface area contributed by atoms with E-state index in [1.54, 1.807) is 7.11 Å². The molecule has 1 aromatic carbocycles. The van der Waals surface area contributed by atoms with Gasteiger partial charge in [-0.05, 0) is 18.7 Å². The maximum absolute atomic E-state index is 12.1. The second kappa shape index (κ2) is 7.88. The van der Waals surface area contributed by atoms with Crippen molar-refractivity contribution in [2.45, 2.75) is 13.3 Å². The molecule has 0 N–H and O–H groups in total. The number of amides is 1.